The Morgan fingerprint density at radius 3 is 2.81 bits per heavy atom. The van der Waals surface area contributed by atoms with Crippen LogP contribution >= 0.6 is 11.6 Å². The van der Waals surface area contributed by atoms with Crippen LogP contribution in [0, 0.1) is 5.41 Å². The summed E-state index contributed by atoms with van der Waals surface area (Å²) in [6, 6.07) is 1.97. The first-order valence-corrected chi connectivity index (χ1v) is 7.87. The molecular formula is C15H18ClN5. The second kappa shape index (κ2) is 5.07. The van der Waals surface area contributed by atoms with Gasteiger partial charge in [-0.2, -0.15) is 4.98 Å². The summed E-state index contributed by atoms with van der Waals surface area (Å²) >= 11 is 6.08. The summed E-state index contributed by atoms with van der Waals surface area (Å²) in [6.07, 6.45) is 7.27. The van der Waals surface area contributed by atoms with E-state index < -0.39 is 0 Å². The highest BCUT2D eigenvalue weighted by molar-refractivity contribution is 6.28. The van der Waals surface area contributed by atoms with Gasteiger partial charge in [0.1, 0.15) is 5.82 Å². The third kappa shape index (κ3) is 2.34. The number of nitrogens with one attached hydrogen (secondary N) is 1. The van der Waals surface area contributed by atoms with Crippen LogP contribution in [-0.4, -0.2) is 41.1 Å². The monoisotopic (exact) mass is 303 g/mol. The summed E-state index contributed by atoms with van der Waals surface area (Å²) in [5.74, 6) is 0.952. The Kier molecular flexibility index (Phi) is 3.19. The zero-order valence-corrected chi connectivity index (χ0v) is 12.6. The Hall–Kier alpha value is -1.46. The van der Waals surface area contributed by atoms with Gasteiger partial charge in [-0.1, -0.05) is 0 Å². The van der Waals surface area contributed by atoms with Gasteiger partial charge in [-0.15, -0.1) is 0 Å². The maximum atomic E-state index is 6.08. The Labute approximate surface area is 128 Å². The first-order valence-electron chi connectivity index (χ1n) is 7.49. The molecule has 2 fully saturated rings. The molecule has 4 rings (SSSR count). The van der Waals surface area contributed by atoms with Crippen LogP contribution in [0.5, 0.6) is 0 Å². The normalized spacial score (nSPS) is 21.3. The number of piperidine rings is 1. The Bertz CT molecular complexity index is 658. The number of hydrogen-bond donors (Lipinski definition) is 1. The van der Waals surface area contributed by atoms with E-state index in [2.05, 4.69) is 25.2 Å². The van der Waals surface area contributed by atoms with E-state index in [-0.39, 0.29) is 0 Å². The van der Waals surface area contributed by atoms with E-state index >= 15 is 0 Å². The lowest BCUT2D eigenvalue weighted by Gasteiger charge is -2.39. The number of pyridine rings is 1. The molecule has 0 saturated carbocycles. The van der Waals surface area contributed by atoms with Crippen molar-refractivity contribution in [2.75, 3.05) is 31.1 Å². The van der Waals surface area contributed by atoms with E-state index in [4.69, 9.17) is 11.6 Å². The Balaban J connectivity index is 1.65. The van der Waals surface area contributed by atoms with Crippen molar-refractivity contribution in [3.05, 3.63) is 23.7 Å². The van der Waals surface area contributed by atoms with E-state index in [1.807, 2.05) is 6.07 Å². The van der Waals surface area contributed by atoms with Crippen LogP contribution < -0.4 is 10.2 Å². The van der Waals surface area contributed by atoms with Gasteiger partial charge in [-0.05, 0) is 48.9 Å². The zero-order valence-electron chi connectivity index (χ0n) is 11.8. The SMILES string of the molecule is Clc1nc(N2CCC3(CCNC3)CC2)c2ccncc2n1. The number of nitrogens with zero attached hydrogens (tertiary/aromatic N) is 4. The van der Waals surface area contributed by atoms with Crippen LogP contribution in [-0.2, 0) is 0 Å². The molecule has 0 atom stereocenters. The summed E-state index contributed by atoms with van der Waals surface area (Å²) in [6.45, 7) is 4.39. The summed E-state index contributed by atoms with van der Waals surface area (Å²) in [7, 11) is 0. The fourth-order valence-electron chi connectivity index (χ4n) is 3.59. The highest BCUT2D eigenvalue weighted by Crippen LogP contribution is 2.39. The van der Waals surface area contributed by atoms with Crippen molar-refractivity contribution in [3.8, 4) is 0 Å². The first kappa shape index (κ1) is 13.2. The van der Waals surface area contributed by atoms with Gasteiger partial charge in [-0.25, -0.2) is 4.98 Å². The van der Waals surface area contributed by atoms with Crippen LogP contribution in [0.15, 0.2) is 18.5 Å². The average molecular weight is 304 g/mol. The largest absolute Gasteiger partial charge is 0.356 e. The minimum Gasteiger partial charge on any atom is -0.356 e. The molecule has 21 heavy (non-hydrogen) atoms. The predicted molar refractivity (Wildman–Crippen MR) is 83.7 cm³/mol. The zero-order chi connectivity index (χ0) is 14.3. The lowest BCUT2D eigenvalue weighted by molar-refractivity contribution is 0.247. The molecule has 2 aromatic heterocycles. The van der Waals surface area contributed by atoms with Gasteiger partial charge in [0.25, 0.3) is 0 Å². The predicted octanol–water partition coefficient (Wildman–Crippen LogP) is 2.26. The minimum atomic E-state index is 0.299. The molecule has 5 nitrogen and oxygen atoms in total. The molecule has 2 aromatic rings. The molecule has 6 heteroatoms. The second-order valence-corrected chi connectivity index (χ2v) is 6.46. The van der Waals surface area contributed by atoms with Crippen molar-refractivity contribution in [2.24, 2.45) is 5.41 Å². The maximum absolute atomic E-state index is 6.08. The number of hydrogen-bond acceptors (Lipinski definition) is 5. The van der Waals surface area contributed by atoms with Gasteiger partial charge >= 0.3 is 0 Å². The molecule has 1 spiro atoms. The molecule has 110 valence electrons. The quantitative estimate of drug-likeness (QED) is 0.819. The van der Waals surface area contributed by atoms with E-state index in [9.17, 15) is 0 Å². The standard InChI is InChI=1S/C15H18ClN5/c16-14-19-12-9-17-5-1-11(12)13(20-14)21-7-3-15(4-8-21)2-6-18-10-15/h1,5,9,18H,2-4,6-8,10H2. The van der Waals surface area contributed by atoms with Crippen molar-refractivity contribution >= 4 is 28.3 Å². The number of aromatic nitrogens is 3. The van der Waals surface area contributed by atoms with Gasteiger partial charge < -0.3 is 10.2 Å². The summed E-state index contributed by atoms with van der Waals surface area (Å²) in [5.41, 5.74) is 1.32. The van der Waals surface area contributed by atoms with Gasteiger partial charge in [0.2, 0.25) is 5.28 Å². The second-order valence-electron chi connectivity index (χ2n) is 6.12. The molecule has 0 amide bonds. The number of halogens is 1. The maximum Gasteiger partial charge on any atom is 0.224 e. The third-order valence-corrected chi connectivity index (χ3v) is 5.08. The molecule has 0 aliphatic carbocycles. The van der Waals surface area contributed by atoms with Crippen molar-refractivity contribution in [1.82, 2.24) is 20.3 Å². The van der Waals surface area contributed by atoms with Crippen LogP contribution in [0.1, 0.15) is 19.3 Å². The fourth-order valence-corrected chi connectivity index (χ4v) is 3.76. The molecule has 4 heterocycles. The van der Waals surface area contributed by atoms with Crippen molar-refractivity contribution in [1.29, 1.82) is 0 Å². The number of rotatable bonds is 1. The lowest BCUT2D eigenvalue weighted by Crippen LogP contribution is -2.41. The summed E-state index contributed by atoms with van der Waals surface area (Å²) in [4.78, 5) is 15.2. The molecule has 0 unspecified atom stereocenters. The first-order chi connectivity index (χ1) is 10.3. The molecule has 0 bridgehead atoms. The number of anilines is 1. The fraction of sp³-hybridized carbons (Fsp3) is 0.533. The van der Waals surface area contributed by atoms with Gasteiger partial charge in [0.15, 0.2) is 0 Å². The summed E-state index contributed by atoms with van der Waals surface area (Å²) < 4.78 is 0. The van der Waals surface area contributed by atoms with Gasteiger partial charge in [0.05, 0.1) is 11.7 Å². The molecule has 2 saturated heterocycles. The lowest BCUT2D eigenvalue weighted by atomic mass is 9.78. The molecule has 2 aliphatic heterocycles. The highest BCUT2D eigenvalue weighted by Gasteiger charge is 2.37. The van der Waals surface area contributed by atoms with Gasteiger partial charge in [0, 0.05) is 31.2 Å². The van der Waals surface area contributed by atoms with Gasteiger partial charge in [-0.3, -0.25) is 4.98 Å². The Morgan fingerprint density at radius 2 is 2.05 bits per heavy atom. The highest BCUT2D eigenvalue weighted by atomic mass is 35.5. The smallest absolute Gasteiger partial charge is 0.224 e. The Morgan fingerprint density at radius 1 is 1.19 bits per heavy atom. The molecule has 1 N–H and O–H groups in total. The van der Waals surface area contributed by atoms with E-state index in [0.717, 1.165) is 42.9 Å². The van der Waals surface area contributed by atoms with Crippen LogP contribution in [0.2, 0.25) is 5.28 Å². The topological polar surface area (TPSA) is 53.9 Å². The van der Waals surface area contributed by atoms with Crippen LogP contribution in [0.25, 0.3) is 10.9 Å². The minimum absolute atomic E-state index is 0.299. The van der Waals surface area contributed by atoms with Crippen LogP contribution in [0.3, 0.4) is 0 Å². The molecule has 0 aromatic carbocycles. The van der Waals surface area contributed by atoms with Crippen molar-refractivity contribution < 1.29 is 0 Å². The van der Waals surface area contributed by atoms with E-state index in [1.165, 1.54) is 19.3 Å². The molecule has 2 aliphatic rings. The summed E-state index contributed by atoms with van der Waals surface area (Å²) in [5, 5.41) is 4.84. The average Bonchev–Trinajstić information content (AvgIpc) is 2.95. The number of fused-ring (bicyclic) bond motifs is 1. The van der Waals surface area contributed by atoms with E-state index in [0.29, 0.717) is 10.7 Å². The molecular weight excluding hydrogens is 286 g/mol. The molecule has 0 radical (unpaired) electrons. The van der Waals surface area contributed by atoms with Crippen molar-refractivity contribution in [3.63, 3.8) is 0 Å². The van der Waals surface area contributed by atoms with Crippen LogP contribution in [0.4, 0.5) is 5.82 Å². The third-order valence-electron chi connectivity index (χ3n) is 4.91. The van der Waals surface area contributed by atoms with Crippen molar-refractivity contribution in [2.45, 2.75) is 19.3 Å². The van der Waals surface area contributed by atoms with E-state index in [1.54, 1.807) is 12.4 Å².